The molecule has 1 aromatic carbocycles. The topological polar surface area (TPSA) is 72.0 Å². The van der Waals surface area contributed by atoms with Crippen LogP contribution in [0.15, 0.2) is 41.3 Å². The zero-order chi connectivity index (χ0) is 15.7. The highest BCUT2D eigenvalue weighted by molar-refractivity contribution is 7.92. The first-order chi connectivity index (χ1) is 9.70. The molecule has 0 aliphatic rings. The van der Waals surface area contributed by atoms with Crippen molar-refractivity contribution in [3.05, 3.63) is 47.1 Å². The van der Waals surface area contributed by atoms with Crippen LogP contribution in [-0.2, 0) is 16.2 Å². The fourth-order valence-corrected chi connectivity index (χ4v) is 2.82. The number of hydrogen-bond acceptors (Lipinski definition) is 4. The highest BCUT2D eigenvalue weighted by Gasteiger charge is 2.37. The highest BCUT2D eigenvalue weighted by atomic mass is 35.5. The molecule has 0 saturated carbocycles. The Morgan fingerprint density at radius 2 is 1.71 bits per heavy atom. The molecule has 1 N–H and O–H groups in total. The Hall–Kier alpha value is -1.87. The van der Waals surface area contributed by atoms with Gasteiger partial charge in [0.2, 0.25) is 0 Å². The van der Waals surface area contributed by atoms with Crippen LogP contribution in [0.25, 0.3) is 0 Å². The van der Waals surface area contributed by atoms with Crippen molar-refractivity contribution in [3.63, 3.8) is 0 Å². The molecule has 0 fully saturated rings. The third-order valence-electron chi connectivity index (χ3n) is 2.35. The first-order valence-corrected chi connectivity index (χ1v) is 7.24. The Morgan fingerprint density at radius 1 is 1.05 bits per heavy atom. The van der Waals surface area contributed by atoms with Gasteiger partial charge in [0, 0.05) is 0 Å². The molecule has 21 heavy (non-hydrogen) atoms. The lowest BCUT2D eigenvalue weighted by atomic mass is 10.2. The molecular formula is C11H7ClF3N3O2S. The maximum atomic E-state index is 12.8. The van der Waals surface area contributed by atoms with Crippen molar-refractivity contribution in [1.29, 1.82) is 0 Å². The van der Waals surface area contributed by atoms with Gasteiger partial charge in [0.05, 0.1) is 10.5 Å². The average molecular weight is 338 g/mol. The second-order valence-corrected chi connectivity index (χ2v) is 5.88. The standard InChI is InChI=1S/C11H7ClF3N3O2S/c12-9-5-6-10(17-16-9)18-21(19,20)8-4-2-1-3-7(8)11(13,14)15/h1-6H,(H,17,18). The lowest BCUT2D eigenvalue weighted by molar-refractivity contribution is -0.139. The van der Waals surface area contributed by atoms with E-state index >= 15 is 0 Å². The summed E-state index contributed by atoms with van der Waals surface area (Å²) in [5, 5.41) is 6.84. The molecule has 2 rings (SSSR count). The van der Waals surface area contributed by atoms with E-state index in [0.717, 1.165) is 12.1 Å². The van der Waals surface area contributed by atoms with Gasteiger partial charge in [0.15, 0.2) is 11.0 Å². The number of nitrogens with one attached hydrogen (secondary N) is 1. The molecule has 0 unspecified atom stereocenters. The third kappa shape index (κ3) is 3.61. The van der Waals surface area contributed by atoms with Gasteiger partial charge in [-0.3, -0.25) is 4.72 Å². The Bertz CT molecular complexity index is 748. The van der Waals surface area contributed by atoms with Gasteiger partial charge in [-0.1, -0.05) is 23.7 Å². The van der Waals surface area contributed by atoms with Crippen molar-refractivity contribution in [1.82, 2.24) is 10.2 Å². The largest absolute Gasteiger partial charge is 0.417 e. The van der Waals surface area contributed by atoms with E-state index in [1.54, 1.807) is 0 Å². The van der Waals surface area contributed by atoms with Gasteiger partial charge in [0.25, 0.3) is 10.0 Å². The molecule has 0 radical (unpaired) electrons. The van der Waals surface area contributed by atoms with Crippen molar-refractivity contribution in [2.45, 2.75) is 11.1 Å². The Labute approximate surface area is 122 Å². The van der Waals surface area contributed by atoms with Gasteiger partial charge < -0.3 is 0 Å². The Kier molecular flexibility index (Phi) is 4.06. The van der Waals surface area contributed by atoms with E-state index in [1.165, 1.54) is 18.2 Å². The molecule has 0 amide bonds. The number of nitrogens with zero attached hydrogens (tertiary/aromatic N) is 2. The van der Waals surface area contributed by atoms with Crippen molar-refractivity contribution < 1.29 is 21.6 Å². The molecule has 0 aliphatic carbocycles. The maximum absolute atomic E-state index is 12.8. The van der Waals surface area contributed by atoms with Gasteiger partial charge in [0.1, 0.15) is 0 Å². The second-order valence-electron chi connectivity index (χ2n) is 3.84. The zero-order valence-corrected chi connectivity index (χ0v) is 11.7. The van der Waals surface area contributed by atoms with E-state index in [1.807, 2.05) is 4.72 Å². The van der Waals surface area contributed by atoms with E-state index in [2.05, 4.69) is 10.2 Å². The van der Waals surface area contributed by atoms with Crippen molar-refractivity contribution in [2.75, 3.05) is 4.72 Å². The normalized spacial score (nSPS) is 12.2. The van der Waals surface area contributed by atoms with Crippen LogP contribution >= 0.6 is 11.6 Å². The lowest BCUT2D eigenvalue weighted by Crippen LogP contribution is -2.19. The van der Waals surface area contributed by atoms with Crippen LogP contribution in [0.5, 0.6) is 0 Å². The molecule has 0 atom stereocenters. The quantitative estimate of drug-likeness (QED) is 0.934. The molecule has 0 aliphatic heterocycles. The first-order valence-electron chi connectivity index (χ1n) is 5.38. The summed E-state index contributed by atoms with van der Waals surface area (Å²) in [5.74, 6) is -0.239. The molecular weight excluding hydrogens is 331 g/mol. The summed E-state index contributed by atoms with van der Waals surface area (Å²) in [6.07, 6.45) is -4.79. The van der Waals surface area contributed by atoms with Gasteiger partial charge in [-0.05, 0) is 24.3 Å². The minimum absolute atomic E-state index is 0.0219. The van der Waals surface area contributed by atoms with Crippen LogP contribution in [0.1, 0.15) is 5.56 Å². The maximum Gasteiger partial charge on any atom is 0.417 e. The number of aromatic nitrogens is 2. The molecule has 1 aromatic heterocycles. The van der Waals surface area contributed by atoms with Gasteiger partial charge >= 0.3 is 6.18 Å². The van der Waals surface area contributed by atoms with Gasteiger partial charge in [-0.2, -0.15) is 13.2 Å². The number of rotatable bonds is 3. The molecule has 0 saturated heterocycles. The van der Waals surface area contributed by atoms with Crippen LogP contribution in [0, 0.1) is 0 Å². The second kappa shape index (κ2) is 5.49. The predicted octanol–water partition coefficient (Wildman–Crippen LogP) is 2.95. The minimum Gasteiger partial charge on any atom is -0.262 e. The van der Waals surface area contributed by atoms with Crippen LogP contribution in [0.2, 0.25) is 5.15 Å². The van der Waals surface area contributed by atoms with Gasteiger partial charge in [-0.15, -0.1) is 10.2 Å². The van der Waals surface area contributed by atoms with Crippen molar-refractivity contribution in [2.24, 2.45) is 0 Å². The number of benzene rings is 1. The fraction of sp³-hybridized carbons (Fsp3) is 0.0909. The van der Waals surface area contributed by atoms with Gasteiger partial charge in [-0.25, -0.2) is 8.42 Å². The summed E-state index contributed by atoms with van der Waals surface area (Å²) < 4.78 is 64.5. The minimum atomic E-state index is -4.79. The summed E-state index contributed by atoms with van der Waals surface area (Å²) in [6.45, 7) is 0. The number of halogens is 4. The molecule has 0 bridgehead atoms. The molecule has 112 valence electrons. The fourth-order valence-electron chi connectivity index (χ4n) is 1.50. The van der Waals surface area contributed by atoms with E-state index in [-0.39, 0.29) is 11.0 Å². The smallest absolute Gasteiger partial charge is 0.262 e. The van der Waals surface area contributed by atoms with E-state index in [9.17, 15) is 21.6 Å². The van der Waals surface area contributed by atoms with Crippen LogP contribution in [0.4, 0.5) is 19.0 Å². The van der Waals surface area contributed by atoms with Crippen LogP contribution in [0.3, 0.4) is 0 Å². The number of alkyl halides is 3. The van der Waals surface area contributed by atoms with Crippen molar-refractivity contribution >= 4 is 27.4 Å². The molecule has 2 aromatic rings. The summed E-state index contributed by atoms with van der Waals surface area (Å²) in [7, 11) is -4.46. The third-order valence-corrected chi connectivity index (χ3v) is 3.97. The predicted molar refractivity (Wildman–Crippen MR) is 69.3 cm³/mol. The highest BCUT2D eigenvalue weighted by Crippen LogP contribution is 2.34. The first kappa shape index (κ1) is 15.5. The average Bonchev–Trinajstić information content (AvgIpc) is 2.40. The summed E-state index contributed by atoms with van der Waals surface area (Å²) in [5.41, 5.74) is -1.26. The number of hydrogen-bond donors (Lipinski definition) is 1. The van der Waals surface area contributed by atoms with Crippen LogP contribution in [-0.4, -0.2) is 18.6 Å². The van der Waals surface area contributed by atoms with E-state index in [0.29, 0.717) is 6.07 Å². The molecule has 1 heterocycles. The molecule has 5 nitrogen and oxygen atoms in total. The van der Waals surface area contributed by atoms with E-state index in [4.69, 9.17) is 11.6 Å². The monoisotopic (exact) mass is 337 g/mol. The summed E-state index contributed by atoms with van der Waals surface area (Å²) >= 11 is 5.49. The van der Waals surface area contributed by atoms with Crippen molar-refractivity contribution in [3.8, 4) is 0 Å². The summed E-state index contributed by atoms with van der Waals surface area (Å²) in [6, 6.07) is 6.27. The SMILES string of the molecule is O=S(=O)(Nc1ccc(Cl)nn1)c1ccccc1C(F)(F)F. The molecule has 0 spiro atoms. The Balaban J connectivity index is 2.43. The zero-order valence-electron chi connectivity index (χ0n) is 10.1. The Morgan fingerprint density at radius 3 is 2.29 bits per heavy atom. The van der Waals surface area contributed by atoms with E-state index < -0.39 is 26.7 Å². The number of sulfonamides is 1. The summed E-state index contributed by atoms with van der Waals surface area (Å²) in [4.78, 5) is -0.894. The molecule has 10 heteroatoms. The number of anilines is 1. The van der Waals surface area contributed by atoms with Crippen LogP contribution < -0.4 is 4.72 Å². The lowest BCUT2D eigenvalue weighted by Gasteiger charge is -2.13.